The lowest BCUT2D eigenvalue weighted by Gasteiger charge is -2.32. The van der Waals surface area contributed by atoms with Crippen molar-refractivity contribution in [3.05, 3.63) is 161 Å². The molecule has 7 heterocycles. The van der Waals surface area contributed by atoms with Gasteiger partial charge in [0.25, 0.3) is 0 Å². The molecule has 4 N–H and O–H groups in total. The number of alkyl halides is 3. The lowest BCUT2D eigenvalue weighted by molar-refractivity contribution is -0.158. The molecule has 9 rings (SSSR count). The number of aromatic nitrogens is 12. The second-order valence-electron chi connectivity index (χ2n) is 23.9. The standard InChI is InChI=1S/C20H22BF3O2.C14H19BrN2O6.C7H8Br2N2O2.C7H12O4.C6H6Br2N2O2.C6H7BrN2O2.C6H9BrN2O.C6H8N2O2/c1-18(2)19(3,4)26-21(25-18)17-8-6-5-7-15(17)13-14-9-11-16(12-10-14)20(22,23)24;1-5-21-12(18)8-10(17(4)16-11(8)15)9(13(19)22-6-2)14(20)23-7-3;1-3-13-7(12)4-5(8)10-11(2)6(4)9;1-3-10-6(8)5-7(9)11-4-2;1-2-12-6(11)3-4(7)9-10-5(3)8;1-9-4(3-6(10)11)2-5(7)8-9;1-9-5(2-3-10)4-6(7)8-9;1-2-10-6(9)5-3-7-8-4-5/h5-12H,13H2,1-4H3;9H,5-7H2,1-4H3;3H2,1-2H3;3-5H2,1-2H3;2H2,1H3,(H,9,10);2H,3H2,1H3,(H,10,11);4,10H,2-3H2,1H3;3-4H,2H2,1H3,(H,7,8). The summed E-state index contributed by atoms with van der Waals surface area (Å²) in [6.45, 7) is 23.6. The lowest BCUT2D eigenvalue weighted by atomic mass is 9.75. The number of halogens is 10. The topological polar surface area (TPSA) is 415 Å². The number of aliphatic hydroxyl groups is 1. The normalized spacial score (nSPS) is 12.0. The first-order valence-electron chi connectivity index (χ1n) is 35.1. The quantitative estimate of drug-likeness (QED) is 0.0189. The van der Waals surface area contributed by atoms with E-state index in [0.29, 0.717) is 78.1 Å². The molecule has 0 unspecified atom stereocenters. The van der Waals surface area contributed by atoms with E-state index in [-0.39, 0.29) is 80.3 Å². The number of nitrogens with one attached hydrogen (secondary N) is 2. The van der Waals surface area contributed by atoms with Crippen molar-refractivity contribution in [2.24, 2.45) is 28.2 Å². The number of nitrogens with zero attached hydrogens (tertiary/aromatic N) is 10. The number of carboxylic acid groups (broad SMARTS) is 1. The number of hydrogen-bond acceptors (Lipinski definition) is 26. The number of rotatable bonds is 24. The molecule has 116 heavy (non-hydrogen) atoms. The third-order valence-electron chi connectivity index (χ3n) is 15.2. The highest BCUT2D eigenvalue weighted by Gasteiger charge is 2.52. The van der Waals surface area contributed by atoms with Gasteiger partial charge in [0.1, 0.15) is 55.3 Å². The van der Waals surface area contributed by atoms with Gasteiger partial charge in [-0.2, -0.15) is 43.8 Å². The van der Waals surface area contributed by atoms with Gasteiger partial charge >= 0.3 is 67.0 Å². The van der Waals surface area contributed by atoms with Gasteiger partial charge in [-0.1, -0.05) is 36.4 Å². The largest absolute Gasteiger partial charge is 0.495 e. The number of carboxylic acids is 1. The number of esters is 8. The van der Waals surface area contributed by atoms with E-state index >= 15 is 0 Å². The third-order valence-corrected chi connectivity index (χ3v) is 19.1. The molecule has 0 aliphatic carbocycles. The van der Waals surface area contributed by atoms with Gasteiger partial charge in [-0.15, -0.1) is 0 Å². The zero-order chi connectivity index (χ0) is 88.0. The van der Waals surface area contributed by atoms with Gasteiger partial charge in [0, 0.05) is 53.1 Å². The minimum atomic E-state index is -4.32. The van der Waals surface area contributed by atoms with Crippen LogP contribution in [0.15, 0.2) is 105 Å². The predicted octanol–water partition coefficient (Wildman–Crippen LogP) is 13.0. The number of aliphatic hydroxyl groups excluding tert-OH is 1. The number of aromatic amines is 2. The number of H-pyrrole nitrogens is 2. The molecule has 0 atom stereocenters. The summed E-state index contributed by atoms with van der Waals surface area (Å²) in [5, 5.41) is 45.5. The smallest absolute Gasteiger partial charge is 0.481 e. The molecule has 1 saturated heterocycles. The molecule has 638 valence electrons. The Morgan fingerprint density at radius 3 is 1.41 bits per heavy atom. The van der Waals surface area contributed by atoms with E-state index in [1.807, 2.05) is 65.1 Å². The molecule has 1 aliphatic heterocycles. The fraction of sp³-hybridized carbons (Fsp3) is 0.458. The number of hydrogen-bond donors (Lipinski definition) is 4. The Balaban J connectivity index is 0.000000464. The first-order chi connectivity index (χ1) is 54.5. The minimum absolute atomic E-state index is 0.000422. The van der Waals surface area contributed by atoms with E-state index in [4.69, 9.17) is 43.2 Å². The molecular weight excluding hydrogens is 2000 g/mol. The molecule has 0 amide bonds. The summed E-state index contributed by atoms with van der Waals surface area (Å²) in [5.74, 6) is -6.77. The minimum Gasteiger partial charge on any atom is -0.481 e. The molecule has 6 aromatic heterocycles. The SMILES string of the molecule is CC1(C)OB(c2ccccc2Cc2ccc(C(F)(F)F)cc2)OC1(C)C.CCOC(=O)CC(=O)OCC.CCOC(=O)c1c(Br)n[nH]c1Br.CCOC(=O)c1c(Br)nn(C)c1Br.CCOC(=O)c1c(Br)nn(C)c1C(C(=O)OCC)C(=O)OCC.CCOC(=O)c1cn[nH]c1.Cn1nc(Br)cc1CC(=O)O.Cn1nc(Br)cc1CCO. The fourth-order valence-corrected chi connectivity index (χ4v) is 13.2. The van der Waals surface area contributed by atoms with Crippen molar-refractivity contribution in [3.63, 3.8) is 0 Å². The summed E-state index contributed by atoms with van der Waals surface area (Å²) in [7, 11) is 6.32. The molecule has 0 saturated carbocycles. The Morgan fingerprint density at radius 1 is 0.560 bits per heavy atom. The van der Waals surface area contributed by atoms with E-state index in [9.17, 15) is 56.3 Å². The maximum Gasteiger partial charge on any atom is 0.495 e. The monoisotopic (exact) mass is 2080 g/mol. The van der Waals surface area contributed by atoms with Crippen LogP contribution in [0.25, 0.3) is 0 Å². The van der Waals surface area contributed by atoms with E-state index in [1.165, 1.54) is 40.9 Å². The van der Waals surface area contributed by atoms with E-state index in [2.05, 4.69) is 167 Å². The van der Waals surface area contributed by atoms with Crippen molar-refractivity contribution in [1.29, 1.82) is 0 Å². The van der Waals surface area contributed by atoms with Gasteiger partial charge in [0.2, 0.25) is 0 Å². The van der Waals surface area contributed by atoms with Crippen molar-refractivity contribution < 1.29 is 114 Å². The molecule has 44 heteroatoms. The van der Waals surface area contributed by atoms with Crippen molar-refractivity contribution in [2.75, 3.05) is 59.5 Å². The summed E-state index contributed by atoms with van der Waals surface area (Å²) >= 11 is 22.2. The average molecular weight is 2090 g/mol. The zero-order valence-corrected chi connectivity index (χ0v) is 77.3. The van der Waals surface area contributed by atoms with Gasteiger partial charge in [-0.05, 0) is 242 Å². The van der Waals surface area contributed by atoms with Gasteiger partial charge in [0.15, 0.2) is 5.92 Å². The Kier molecular flexibility index (Phi) is 46.7. The van der Waals surface area contributed by atoms with Crippen molar-refractivity contribution in [3.8, 4) is 0 Å². The van der Waals surface area contributed by atoms with Crippen LogP contribution in [0, 0.1) is 0 Å². The van der Waals surface area contributed by atoms with Gasteiger partial charge in [-0.3, -0.25) is 52.9 Å². The van der Waals surface area contributed by atoms with Gasteiger partial charge < -0.3 is 57.4 Å². The number of carbonyl (C=O) groups excluding carboxylic acids is 8. The number of carbonyl (C=O) groups is 9. The van der Waals surface area contributed by atoms with Crippen molar-refractivity contribution in [1.82, 2.24) is 59.5 Å². The average Bonchev–Trinajstić information content (AvgIpc) is 1.62. The summed E-state index contributed by atoms with van der Waals surface area (Å²) in [4.78, 5) is 101. The maximum atomic E-state index is 12.7. The Hall–Kier alpha value is -7.98. The Bertz CT molecular complexity index is 4410. The van der Waals surface area contributed by atoms with Crippen LogP contribution in [0.3, 0.4) is 0 Å². The summed E-state index contributed by atoms with van der Waals surface area (Å²) in [6, 6.07) is 16.6. The van der Waals surface area contributed by atoms with Crippen LogP contribution in [0.1, 0.15) is 171 Å². The summed E-state index contributed by atoms with van der Waals surface area (Å²) in [6.07, 6.45) is -0.501. The molecule has 0 radical (unpaired) electrons. The number of ether oxygens (including phenoxy) is 8. The highest BCUT2D eigenvalue weighted by atomic mass is 79.9. The third kappa shape index (κ3) is 34.2. The van der Waals surface area contributed by atoms with E-state index in [0.717, 1.165) is 39.0 Å². The van der Waals surface area contributed by atoms with Crippen LogP contribution in [-0.4, -0.2) is 201 Å². The second-order valence-corrected chi connectivity index (χ2v) is 29.3. The van der Waals surface area contributed by atoms with Gasteiger partial charge in [0.05, 0.1) is 99.2 Å². The molecule has 2 aromatic carbocycles. The van der Waals surface area contributed by atoms with Crippen molar-refractivity contribution >= 4 is 178 Å². The molecule has 0 bridgehead atoms. The van der Waals surface area contributed by atoms with Crippen LogP contribution < -0.4 is 5.46 Å². The Morgan fingerprint density at radius 2 is 1.01 bits per heavy atom. The van der Waals surface area contributed by atoms with Crippen molar-refractivity contribution in [2.45, 2.75) is 132 Å². The first kappa shape index (κ1) is 104. The van der Waals surface area contributed by atoms with Gasteiger partial charge in [-0.25, -0.2) is 19.2 Å². The fourth-order valence-electron chi connectivity index (χ4n) is 9.17. The summed E-state index contributed by atoms with van der Waals surface area (Å²) in [5.41, 5.74) is 4.21. The molecule has 8 aromatic rings. The second kappa shape index (κ2) is 52.1. The number of aliphatic carboxylic acids is 1. The van der Waals surface area contributed by atoms with Crippen LogP contribution in [0.5, 0.6) is 0 Å². The van der Waals surface area contributed by atoms with Crippen LogP contribution in [0.4, 0.5) is 13.2 Å². The lowest BCUT2D eigenvalue weighted by Crippen LogP contribution is -2.41. The highest BCUT2D eigenvalue weighted by Crippen LogP contribution is 2.37. The molecule has 33 nitrogen and oxygen atoms in total. The number of benzene rings is 2. The van der Waals surface area contributed by atoms with Crippen LogP contribution in [0.2, 0.25) is 0 Å². The van der Waals surface area contributed by atoms with Crippen LogP contribution in [-0.2, 0) is 125 Å². The number of aryl methyl sites for hydroxylation is 4. The predicted molar refractivity (Wildman–Crippen MR) is 440 cm³/mol. The van der Waals surface area contributed by atoms with Crippen LogP contribution >= 0.6 is 112 Å². The molecule has 1 fully saturated rings. The molecular formula is C72H91BBr7F3N12O21. The maximum absolute atomic E-state index is 12.7. The van der Waals surface area contributed by atoms with E-state index in [1.54, 1.807) is 84.9 Å². The molecule has 1 aliphatic rings. The molecule has 0 spiro atoms. The first-order valence-corrected chi connectivity index (χ1v) is 40.7. The Labute approximate surface area is 726 Å². The zero-order valence-electron chi connectivity index (χ0n) is 66.2. The summed E-state index contributed by atoms with van der Waals surface area (Å²) < 4.78 is 98.5. The van der Waals surface area contributed by atoms with E-state index < -0.39 is 77.8 Å². The highest BCUT2D eigenvalue weighted by molar-refractivity contribution is 9.11.